The third-order valence-electron chi connectivity index (χ3n) is 4.16. The minimum atomic E-state index is -3.15. The minimum Gasteiger partial charge on any atom is -0.371 e. The second-order valence-electron chi connectivity index (χ2n) is 6.05. The van der Waals surface area contributed by atoms with Gasteiger partial charge in [0.25, 0.3) is 5.91 Å². The summed E-state index contributed by atoms with van der Waals surface area (Å²) >= 11 is 1.41. The van der Waals surface area contributed by atoms with E-state index in [0.717, 1.165) is 19.1 Å². The fourth-order valence-corrected chi connectivity index (χ4v) is 3.93. The van der Waals surface area contributed by atoms with Gasteiger partial charge in [-0.25, -0.2) is 18.1 Å². The van der Waals surface area contributed by atoms with Crippen LogP contribution in [0.15, 0.2) is 10.9 Å². The molecule has 1 N–H and O–H groups in total. The molecule has 122 valence electrons. The first-order valence-corrected chi connectivity index (χ1v) is 9.96. The number of nitrogens with one attached hydrogen (secondary N) is 1. The summed E-state index contributed by atoms with van der Waals surface area (Å²) in [6.07, 6.45) is 2.91. The van der Waals surface area contributed by atoms with E-state index in [9.17, 15) is 13.2 Å². The Labute approximate surface area is 133 Å². The number of hydrogen-bond acceptors (Lipinski definition) is 6. The number of likely N-dealkylation sites (tertiary alicyclic amines) is 1. The van der Waals surface area contributed by atoms with Crippen molar-refractivity contribution in [2.75, 3.05) is 32.5 Å². The van der Waals surface area contributed by atoms with Crippen LogP contribution < -0.4 is 4.72 Å². The van der Waals surface area contributed by atoms with Crippen molar-refractivity contribution in [3.63, 3.8) is 0 Å². The number of carbonyl (C=O) groups is 1. The Kier molecular flexibility index (Phi) is 4.23. The molecule has 0 bridgehead atoms. The molecule has 3 rings (SSSR count). The zero-order valence-corrected chi connectivity index (χ0v) is 14.0. The molecule has 0 radical (unpaired) electrons. The second-order valence-corrected chi connectivity index (χ2v) is 8.61. The Morgan fingerprint density at radius 2 is 2.36 bits per heavy atom. The van der Waals surface area contributed by atoms with Gasteiger partial charge in [-0.2, -0.15) is 0 Å². The highest BCUT2D eigenvalue weighted by Crippen LogP contribution is 2.36. The van der Waals surface area contributed by atoms with E-state index >= 15 is 0 Å². The summed E-state index contributed by atoms with van der Waals surface area (Å²) < 4.78 is 30.6. The summed E-state index contributed by atoms with van der Waals surface area (Å²) in [6, 6.07) is 0. The minimum absolute atomic E-state index is 0.0451. The highest BCUT2D eigenvalue weighted by Gasteiger charge is 2.48. The van der Waals surface area contributed by atoms with Gasteiger partial charge in [-0.15, -0.1) is 11.3 Å². The van der Waals surface area contributed by atoms with Crippen LogP contribution in [-0.2, 0) is 14.8 Å². The van der Waals surface area contributed by atoms with Crippen molar-refractivity contribution in [2.45, 2.75) is 18.4 Å². The van der Waals surface area contributed by atoms with Crippen LogP contribution in [0.4, 0.5) is 0 Å². The number of carbonyl (C=O) groups excluding carboxylic acids is 1. The maximum Gasteiger partial charge on any atom is 0.273 e. The van der Waals surface area contributed by atoms with E-state index in [1.54, 1.807) is 15.8 Å². The Morgan fingerprint density at radius 1 is 1.59 bits per heavy atom. The molecular weight excluding hydrogens is 326 g/mol. The van der Waals surface area contributed by atoms with Crippen molar-refractivity contribution < 1.29 is 17.9 Å². The summed E-state index contributed by atoms with van der Waals surface area (Å²) in [4.78, 5) is 17.9. The van der Waals surface area contributed by atoms with Gasteiger partial charge in [-0.05, 0) is 18.8 Å². The highest BCUT2D eigenvalue weighted by molar-refractivity contribution is 7.88. The summed E-state index contributed by atoms with van der Waals surface area (Å²) in [5.74, 6) is 0.153. The van der Waals surface area contributed by atoms with Crippen LogP contribution >= 0.6 is 11.3 Å². The van der Waals surface area contributed by atoms with E-state index in [2.05, 4.69) is 9.71 Å². The van der Waals surface area contributed by atoms with E-state index in [1.807, 2.05) is 0 Å². The standard InChI is InChI=1S/C13H19N3O4S2/c1-22(18,19)15-4-10-2-3-13(20-5-10)7-16(8-13)12(17)11-6-21-9-14-11/h6,9-10,15H,2-5,7-8H2,1H3/t10-/m1/s1. The average Bonchev–Trinajstić information content (AvgIpc) is 2.96. The zero-order valence-electron chi connectivity index (χ0n) is 12.3. The van der Waals surface area contributed by atoms with Crippen molar-refractivity contribution in [1.29, 1.82) is 0 Å². The fraction of sp³-hybridized carbons (Fsp3) is 0.692. The third kappa shape index (κ3) is 3.48. The van der Waals surface area contributed by atoms with E-state index in [4.69, 9.17) is 4.74 Å². The Balaban J connectivity index is 1.46. The van der Waals surface area contributed by atoms with Crippen LogP contribution in [0.3, 0.4) is 0 Å². The van der Waals surface area contributed by atoms with Crippen molar-refractivity contribution in [3.8, 4) is 0 Å². The number of amides is 1. The van der Waals surface area contributed by atoms with Crippen LogP contribution in [-0.4, -0.2) is 62.3 Å². The van der Waals surface area contributed by atoms with Crippen LogP contribution in [0.1, 0.15) is 23.3 Å². The molecule has 2 aliphatic heterocycles. The Bertz CT molecular complexity index is 628. The lowest BCUT2D eigenvalue weighted by Gasteiger charge is -2.52. The lowest BCUT2D eigenvalue weighted by atomic mass is 9.83. The molecule has 2 fully saturated rings. The van der Waals surface area contributed by atoms with Gasteiger partial charge in [0.05, 0.1) is 31.5 Å². The highest BCUT2D eigenvalue weighted by atomic mass is 32.2. The largest absolute Gasteiger partial charge is 0.371 e. The first-order valence-electron chi connectivity index (χ1n) is 7.13. The number of thiazole rings is 1. The first kappa shape index (κ1) is 15.9. The van der Waals surface area contributed by atoms with E-state index in [-0.39, 0.29) is 17.4 Å². The summed E-state index contributed by atoms with van der Waals surface area (Å²) in [5, 5.41) is 1.75. The van der Waals surface area contributed by atoms with Gasteiger partial charge in [0, 0.05) is 11.9 Å². The Hall–Kier alpha value is -1.03. The predicted molar refractivity (Wildman–Crippen MR) is 82.3 cm³/mol. The van der Waals surface area contributed by atoms with Gasteiger partial charge in [0.1, 0.15) is 11.3 Å². The van der Waals surface area contributed by atoms with Gasteiger partial charge in [-0.1, -0.05) is 0 Å². The molecule has 0 unspecified atom stereocenters. The quantitative estimate of drug-likeness (QED) is 0.849. The Morgan fingerprint density at radius 3 is 2.91 bits per heavy atom. The molecule has 2 saturated heterocycles. The molecule has 7 nitrogen and oxygen atoms in total. The summed E-state index contributed by atoms with van der Waals surface area (Å²) in [6.45, 7) is 2.13. The SMILES string of the molecule is CS(=O)(=O)NC[C@H]1CCC2(CN(C(=O)c3cscn3)C2)OC1. The smallest absolute Gasteiger partial charge is 0.273 e. The average molecular weight is 345 g/mol. The van der Waals surface area contributed by atoms with Crippen molar-refractivity contribution in [3.05, 3.63) is 16.6 Å². The lowest BCUT2D eigenvalue weighted by Crippen LogP contribution is -2.66. The number of sulfonamides is 1. The lowest BCUT2D eigenvalue weighted by molar-refractivity contribution is -0.166. The normalized spacial score (nSPS) is 24.2. The van der Waals surface area contributed by atoms with Crippen molar-refractivity contribution in [1.82, 2.24) is 14.6 Å². The molecule has 1 atom stereocenters. The maximum atomic E-state index is 12.1. The fourth-order valence-electron chi connectivity index (χ4n) is 2.87. The molecule has 1 aromatic rings. The second kappa shape index (κ2) is 5.88. The van der Waals surface area contributed by atoms with Gasteiger partial charge in [0.15, 0.2) is 0 Å². The molecule has 2 aliphatic rings. The van der Waals surface area contributed by atoms with E-state index < -0.39 is 10.0 Å². The number of rotatable bonds is 4. The molecular formula is C13H19N3O4S2. The van der Waals surface area contributed by atoms with E-state index in [1.165, 1.54) is 11.3 Å². The van der Waals surface area contributed by atoms with Crippen LogP contribution in [0.25, 0.3) is 0 Å². The van der Waals surface area contributed by atoms with Crippen LogP contribution in [0.2, 0.25) is 0 Å². The van der Waals surface area contributed by atoms with Gasteiger partial charge < -0.3 is 9.64 Å². The number of aromatic nitrogens is 1. The molecule has 1 amide bonds. The number of nitrogens with zero attached hydrogens (tertiary/aromatic N) is 2. The van der Waals surface area contributed by atoms with Crippen LogP contribution in [0, 0.1) is 5.92 Å². The van der Waals surface area contributed by atoms with Crippen molar-refractivity contribution >= 4 is 27.3 Å². The molecule has 22 heavy (non-hydrogen) atoms. The topological polar surface area (TPSA) is 88.6 Å². The first-order chi connectivity index (χ1) is 10.4. The van der Waals surface area contributed by atoms with Gasteiger partial charge in [-0.3, -0.25) is 4.79 Å². The number of hydrogen-bond donors (Lipinski definition) is 1. The molecule has 0 aliphatic carbocycles. The molecule has 0 aromatic carbocycles. The third-order valence-corrected chi connectivity index (χ3v) is 5.44. The van der Waals surface area contributed by atoms with Crippen LogP contribution in [0.5, 0.6) is 0 Å². The van der Waals surface area contributed by atoms with E-state index in [0.29, 0.717) is 31.9 Å². The zero-order chi connectivity index (χ0) is 15.8. The molecule has 3 heterocycles. The van der Waals surface area contributed by atoms with Gasteiger partial charge in [0.2, 0.25) is 10.0 Å². The predicted octanol–water partition coefficient (Wildman–Crippen LogP) is 0.313. The summed E-state index contributed by atoms with van der Waals surface area (Å²) in [7, 11) is -3.15. The molecule has 0 saturated carbocycles. The summed E-state index contributed by atoms with van der Waals surface area (Å²) in [5.41, 5.74) is 1.90. The molecule has 1 aromatic heterocycles. The monoisotopic (exact) mass is 345 g/mol. The molecule has 1 spiro atoms. The maximum absolute atomic E-state index is 12.1. The number of ether oxygens (including phenoxy) is 1. The molecule has 9 heteroatoms. The van der Waals surface area contributed by atoms with Crippen molar-refractivity contribution in [2.24, 2.45) is 5.92 Å². The van der Waals surface area contributed by atoms with Gasteiger partial charge >= 0.3 is 0 Å².